The van der Waals surface area contributed by atoms with Gasteiger partial charge in [0.1, 0.15) is 17.7 Å². The quantitative estimate of drug-likeness (QED) is 0.416. The molecule has 1 saturated heterocycles. The van der Waals surface area contributed by atoms with E-state index in [0.29, 0.717) is 0 Å². The maximum absolute atomic E-state index is 6.10. The van der Waals surface area contributed by atoms with Crippen LogP contribution in [0.4, 0.5) is 0 Å². The van der Waals surface area contributed by atoms with E-state index in [0.717, 1.165) is 84.5 Å². The smallest absolute Gasteiger partial charge is 0.150 e. The lowest BCUT2D eigenvalue weighted by atomic mass is 10.0. The van der Waals surface area contributed by atoms with E-state index in [1.807, 2.05) is 28.0 Å². The molecule has 0 bridgehead atoms. The van der Waals surface area contributed by atoms with Crippen molar-refractivity contribution in [3.63, 3.8) is 0 Å². The summed E-state index contributed by atoms with van der Waals surface area (Å²) in [5.74, 6) is 0. The molecule has 9 nitrogen and oxygen atoms in total. The van der Waals surface area contributed by atoms with Crippen LogP contribution in [-0.4, -0.2) is 47.9 Å². The second-order valence-electron chi connectivity index (χ2n) is 9.40. The normalized spacial score (nSPS) is 17.8. The third-order valence-electron chi connectivity index (χ3n) is 7.11. The van der Waals surface area contributed by atoms with Crippen LogP contribution < -0.4 is 5.32 Å². The molecule has 5 aromatic rings. The van der Waals surface area contributed by atoms with Gasteiger partial charge >= 0.3 is 0 Å². The number of nitrogens with one attached hydrogen (secondary N) is 1. The van der Waals surface area contributed by atoms with E-state index in [9.17, 15) is 0 Å². The fourth-order valence-electron chi connectivity index (χ4n) is 5.20. The number of ether oxygens (including phenoxy) is 1. The lowest BCUT2D eigenvalue weighted by molar-refractivity contribution is -0.0365. The summed E-state index contributed by atoms with van der Waals surface area (Å²) in [7, 11) is 0. The molecule has 1 fully saturated rings. The molecular formula is C27H26N8O. The van der Waals surface area contributed by atoms with Crippen LogP contribution in [0.1, 0.15) is 36.6 Å². The standard InChI is InChI=1S/C27H26N8O/c1-2-10-36-26(3-1)35-25-7-5-19(21-14-29-17-30-15-21)12-23(25)27(32-35)24-16-34(33-31-24)22-6-4-18-8-9-28-13-20(18)11-22/h4-7,11-12,14-17,26,28H,1-3,8-10,13H2. The van der Waals surface area contributed by atoms with Gasteiger partial charge in [0, 0.05) is 36.5 Å². The summed E-state index contributed by atoms with van der Waals surface area (Å²) in [5, 5.41) is 18.5. The van der Waals surface area contributed by atoms with Gasteiger partial charge in [-0.05, 0) is 73.2 Å². The second kappa shape index (κ2) is 8.92. The molecule has 9 heteroatoms. The Kier molecular flexibility index (Phi) is 5.29. The van der Waals surface area contributed by atoms with Gasteiger partial charge in [0.15, 0.2) is 6.23 Å². The molecule has 0 spiro atoms. The number of aromatic nitrogens is 7. The average Bonchev–Trinajstić information content (AvgIpc) is 3.59. The number of hydrogen-bond acceptors (Lipinski definition) is 7. The third kappa shape index (κ3) is 3.77. The Labute approximate surface area is 208 Å². The zero-order chi connectivity index (χ0) is 23.9. The third-order valence-corrected chi connectivity index (χ3v) is 7.11. The topological polar surface area (TPSA) is 95.6 Å². The Morgan fingerprint density at radius 3 is 2.81 bits per heavy atom. The first-order chi connectivity index (χ1) is 17.8. The van der Waals surface area contributed by atoms with E-state index in [1.54, 1.807) is 6.33 Å². The summed E-state index contributed by atoms with van der Waals surface area (Å²) >= 11 is 0. The largest absolute Gasteiger partial charge is 0.356 e. The number of benzene rings is 2. The van der Waals surface area contributed by atoms with Gasteiger partial charge in [-0.15, -0.1) is 5.10 Å². The van der Waals surface area contributed by atoms with E-state index >= 15 is 0 Å². The Morgan fingerprint density at radius 2 is 1.92 bits per heavy atom. The average molecular weight is 479 g/mol. The molecule has 0 radical (unpaired) electrons. The van der Waals surface area contributed by atoms with Crippen LogP contribution in [0.15, 0.2) is 61.3 Å². The summed E-state index contributed by atoms with van der Waals surface area (Å²) in [5.41, 5.74) is 8.24. The van der Waals surface area contributed by atoms with Crippen molar-refractivity contribution in [2.24, 2.45) is 0 Å². The van der Waals surface area contributed by atoms with Crippen molar-refractivity contribution in [3.8, 4) is 28.2 Å². The zero-order valence-corrected chi connectivity index (χ0v) is 19.8. The van der Waals surface area contributed by atoms with E-state index in [-0.39, 0.29) is 6.23 Å². The van der Waals surface area contributed by atoms with Crippen molar-refractivity contribution in [2.45, 2.75) is 38.5 Å². The minimum atomic E-state index is -0.0795. The summed E-state index contributed by atoms with van der Waals surface area (Å²) in [4.78, 5) is 8.37. The highest BCUT2D eigenvalue weighted by Gasteiger charge is 2.23. The lowest BCUT2D eigenvalue weighted by Gasteiger charge is -2.23. The van der Waals surface area contributed by atoms with Gasteiger partial charge in [-0.2, -0.15) is 5.10 Å². The maximum Gasteiger partial charge on any atom is 0.150 e. The molecule has 7 rings (SSSR count). The molecule has 2 aliphatic rings. The van der Waals surface area contributed by atoms with Crippen molar-refractivity contribution in [1.82, 2.24) is 40.1 Å². The van der Waals surface area contributed by atoms with Crippen LogP contribution >= 0.6 is 0 Å². The van der Waals surface area contributed by atoms with Crippen molar-refractivity contribution < 1.29 is 4.74 Å². The molecule has 36 heavy (non-hydrogen) atoms. The lowest BCUT2D eigenvalue weighted by Crippen LogP contribution is -2.23. The molecule has 5 heterocycles. The van der Waals surface area contributed by atoms with Gasteiger partial charge in [0.05, 0.1) is 17.4 Å². The van der Waals surface area contributed by atoms with E-state index in [4.69, 9.17) is 9.84 Å². The molecule has 0 amide bonds. The number of rotatable bonds is 4. The number of fused-ring (bicyclic) bond motifs is 2. The molecule has 2 aromatic carbocycles. The van der Waals surface area contributed by atoms with Gasteiger partial charge in [-0.25, -0.2) is 19.3 Å². The molecule has 1 unspecified atom stereocenters. The fourth-order valence-corrected chi connectivity index (χ4v) is 5.20. The first kappa shape index (κ1) is 21.3. The monoisotopic (exact) mass is 478 g/mol. The maximum atomic E-state index is 6.10. The molecule has 0 aliphatic carbocycles. The predicted molar refractivity (Wildman–Crippen MR) is 135 cm³/mol. The fraction of sp³-hybridized carbons (Fsp3) is 0.296. The highest BCUT2D eigenvalue weighted by atomic mass is 16.5. The molecule has 0 saturated carbocycles. The van der Waals surface area contributed by atoms with Crippen LogP contribution in [0.3, 0.4) is 0 Å². The second-order valence-corrected chi connectivity index (χ2v) is 9.40. The van der Waals surface area contributed by atoms with Crippen LogP contribution in [0, 0.1) is 0 Å². The Morgan fingerprint density at radius 1 is 0.972 bits per heavy atom. The molecule has 1 atom stereocenters. The van der Waals surface area contributed by atoms with Crippen LogP contribution in [0.25, 0.3) is 39.1 Å². The predicted octanol–water partition coefficient (Wildman–Crippen LogP) is 4.09. The molecule has 2 aliphatic heterocycles. The van der Waals surface area contributed by atoms with Crippen molar-refractivity contribution >= 4 is 10.9 Å². The summed E-state index contributed by atoms with van der Waals surface area (Å²) in [6, 6.07) is 12.8. The Balaban J connectivity index is 1.33. The van der Waals surface area contributed by atoms with E-state index in [1.165, 1.54) is 11.1 Å². The SMILES string of the molecule is c1ncc(-c2ccc3c(c2)c(-c2cn(-c4ccc5c(c4)CNCC5)nn2)nn3C2CCCCO2)cn1. The van der Waals surface area contributed by atoms with Gasteiger partial charge in [0.25, 0.3) is 0 Å². The molecule has 3 aromatic heterocycles. The molecule has 180 valence electrons. The van der Waals surface area contributed by atoms with E-state index in [2.05, 4.69) is 62.0 Å². The summed E-state index contributed by atoms with van der Waals surface area (Å²) in [6.07, 6.45) is 11.3. The van der Waals surface area contributed by atoms with Crippen molar-refractivity contribution in [3.05, 3.63) is 72.4 Å². The first-order valence-electron chi connectivity index (χ1n) is 12.5. The van der Waals surface area contributed by atoms with Gasteiger partial charge in [-0.3, -0.25) is 0 Å². The summed E-state index contributed by atoms with van der Waals surface area (Å²) in [6.45, 7) is 2.66. The van der Waals surface area contributed by atoms with Gasteiger partial charge in [-0.1, -0.05) is 17.3 Å². The minimum Gasteiger partial charge on any atom is -0.356 e. The number of hydrogen-bond donors (Lipinski definition) is 1. The first-order valence-corrected chi connectivity index (χ1v) is 12.5. The van der Waals surface area contributed by atoms with Gasteiger partial charge < -0.3 is 10.1 Å². The highest BCUT2D eigenvalue weighted by Crippen LogP contribution is 2.34. The Bertz CT molecular complexity index is 1530. The minimum absolute atomic E-state index is 0.0795. The molecular weight excluding hydrogens is 452 g/mol. The zero-order valence-electron chi connectivity index (χ0n) is 19.8. The van der Waals surface area contributed by atoms with E-state index < -0.39 is 0 Å². The number of nitrogens with zero attached hydrogens (tertiary/aromatic N) is 7. The summed E-state index contributed by atoms with van der Waals surface area (Å²) < 4.78 is 9.94. The van der Waals surface area contributed by atoms with Crippen molar-refractivity contribution in [1.29, 1.82) is 0 Å². The van der Waals surface area contributed by atoms with Gasteiger partial charge in [0.2, 0.25) is 0 Å². The Hall–Kier alpha value is -3.95. The van der Waals surface area contributed by atoms with Crippen LogP contribution in [-0.2, 0) is 17.7 Å². The highest BCUT2D eigenvalue weighted by molar-refractivity contribution is 5.95. The van der Waals surface area contributed by atoms with Crippen LogP contribution in [0.2, 0.25) is 0 Å². The molecule has 1 N–H and O–H groups in total. The van der Waals surface area contributed by atoms with Crippen LogP contribution in [0.5, 0.6) is 0 Å². The van der Waals surface area contributed by atoms with Crippen molar-refractivity contribution in [2.75, 3.05) is 13.2 Å².